The van der Waals surface area contributed by atoms with E-state index >= 15 is 0 Å². The van der Waals surface area contributed by atoms with E-state index in [1.54, 1.807) is 18.3 Å². The molecule has 0 aliphatic heterocycles. The number of H-pyrrole nitrogens is 1. The zero-order valence-electron chi connectivity index (χ0n) is 9.88. The highest BCUT2D eigenvalue weighted by atomic mass is 35.5. The quantitative estimate of drug-likeness (QED) is 0.756. The van der Waals surface area contributed by atoms with Crippen molar-refractivity contribution in [1.29, 1.82) is 0 Å². The van der Waals surface area contributed by atoms with Crippen molar-refractivity contribution < 1.29 is 14.3 Å². The Morgan fingerprint density at radius 1 is 1.30 bits per heavy atom. The molecular formula is C13H7ClN2O4. The van der Waals surface area contributed by atoms with Gasteiger partial charge in [0.1, 0.15) is 0 Å². The second-order valence-corrected chi connectivity index (χ2v) is 4.50. The summed E-state index contributed by atoms with van der Waals surface area (Å²) in [6, 6.07) is 5.85. The summed E-state index contributed by atoms with van der Waals surface area (Å²) in [6.07, 6.45) is 1.59. The normalized spacial score (nSPS) is 10.8. The molecule has 0 saturated carbocycles. The fraction of sp³-hybridized carbons (Fsp3) is 0. The molecule has 2 N–H and O–H groups in total. The molecule has 20 heavy (non-hydrogen) atoms. The van der Waals surface area contributed by atoms with Crippen molar-refractivity contribution in [2.75, 3.05) is 0 Å². The summed E-state index contributed by atoms with van der Waals surface area (Å²) in [7, 11) is 0. The molecule has 0 bridgehead atoms. The lowest BCUT2D eigenvalue weighted by atomic mass is 10.0. The molecule has 0 radical (unpaired) electrons. The standard InChI is InChI=1S/C13H7ClN2O4/c14-9-4-10-6(5-15-16-10)3-8(9)7-1-2-11(17)20-12(7)13(18)19/h1-5H,(H,15,16)(H,18,19). The van der Waals surface area contributed by atoms with Gasteiger partial charge >= 0.3 is 11.6 Å². The number of nitrogens with zero attached hydrogens (tertiary/aromatic N) is 1. The van der Waals surface area contributed by atoms with Crippen LogP contribution in [0.4, 0.5) is 0 Å². The van der Waals surface area contributed by atoms with Gasteiger partial charge < -0.3 is 9.52 Å². The van der Waals surface area contributed by atoms with E-state index in [2.05, 4.69) is 10.2 Å². The van der Waals surface area contributed by atoms with Gasteiger partial charge in [0.05, 0.1) is 16.7 Å². The number of aromatic nitrogens is 2. The summed E-state index contributed by atoms with van der Waals surface area (Å²) in [5.41, 5.74) is 0.701. The largest absolute Gasteiger partial charge is 0.475 e. The van der Waals surface area contributed by atoms with Crippen LogP contribution >= 0.6 is 11.6 Å². The van der Waals surface area contributed by atoms with E-state index in [0.29, 0.717) is 10.6 Å². The number of carbonyl (C=O) groups is 1. The number of aromatic carboxylic acids is 1. The lowest BCUT2D eigenvalue weighted by Crippen LogP contribution is -2.06. The highest BCUT2D eigenvalue weighted by Crippen LogP contribution is 2.33. The number of hydrogen-bond acceptors (Lipinski definition) is 4. The van der Waals surface area contributed by atoms with Crippen molar-refractivity contribution in [3.05, 3.63) is 51.7 Å². The smallest absolute Gasteiger partial charge is 0.372 e. The van der Waals surface area contributed by atoms with Crippen LogP contribution in [-0.2, 0) is 0 Å². The van der Waals surface area contributed by atoms with Crippen LogP contribution in [0, 0.1) is 0 Å². The molecule has 0 fully saturated rings. The second kappa shape index (κ2) is 4.50. The van der Waals surface area contributed by atoms with E-state index in [-0.39, 0.29) is 5.56 Å². The molecule has 0 saturated heterocycles. The number of carboxylic acids is 1. The van der Waals surface area contributed by atoms with Crippen molar-refractivity contribution in [2.45, 2.75) is 0 Å². The van der Waals surface area contributed by atoms with Gasteiger partial charge in [0.2, 0.25) is 5.76 Å². The lowest BCUT2D eigenvalue weighted by molar-refractivity contribution is 0.0658. The van der Waals surface area contributed by atoms with Crippen molar-refractivity contribution in [3.8, 4) is 11.1 Å². The Bertz CT molecular complexity index is 881. The molecule has 2 aromatic heterocycles. The Morgan fingerprint density at radius 2 is 2.10 bits per heavy atom. The summed E-state index contributed by atoms with van der Waals surface area (Å²) in [6.45, 7) is 0. The average Bonchev–Trinajstić information content (AvgIpc) is 2.85. The molecule has 2 heterocycles. The number of benzene rings is 1. The third-order valence-corrected chi connectivity index (χ3v) is 3.16. The van der Waals surface area contributed by atoms with Gasteiger partial charge in [-0.25, -0.2) is 9.59 Å². The van der Waals surface area contributed by atoms with Crippen LogP contribution in [0.1, 0.15) is 10.6 Å². The first-order chi connectivity index (χ1) is 9.56. The first-order valence-electron chi connectivity index (χ1n) is 5.56. The van der Waals surface area contributed by atoms with Crippen LogP contribution in [0.3, 0.4) is 0 Å². The third kappa shape index (κ3) is 1.96. The molecule has 7 heteroatoms. The minimum Gasteiger partial charge on any atom is -0.475 e. The summed E-state index contributed by atoms with van der Waals surface area (Å²) >= 11 is 6.15. The molecule has 0 unspecified atom stereocenters. The van der Waals surface area contributed by atoms with Gasteiger partial charge in [-0.2, -0.15) is 5.10 Å². The Kier molecular flexibility index (Phi) is 2.80. The van der Waals surface area contributed by atoms with Crippen molar-refractivity contribution >= 4 is 28.5 Å². The highest BCUT2D eigenvalue weighted by molar-refractivity contribution is 6.34. The maximum absolute atomic E-state index is 11.2. The fourth-order valence-electron chi connectivity index (χ4n) is 1.96. The summed E-state index contributed by atoms with van der Waals surface area (Å²) < 4.78 is 4.74. The van der Waals surface area contributed by atoms with E-state index in [1.807, 2.05) is 0 Å². The topological polar surface area (TPSA) is 96.2 Å². The Hall–Kier alpha value is -2.60. The number of hydrogen-bond donors (Lipinski definition) is 2. The highest BCUT2D eigenvalue weighted by Gasteiger charge is 2.18. The molecule has 3 aromatic rings. The van der Waals surface area contributed by atoms with Crippen LogP contribution in [0.5, 0.6) is 0 Å². The van der Waals surface area contributed by atoms with Gasteiger partial charge in [-0.1, -0.05) is 11.6 Å². The van der Waals surface area contributed by atoms with Crippen LogP contribution in [0.15, 0.2) is 39.7 Å². The first kappa shape index (κ1) is 12.4. The molecule has 0 aliphatic carbocycles. The van der Waals surface area contributed by atoms with E-state index in [0.717, 1.165) is 17.0 Å². The summed E-state index contributed by atoms with van der Waals surface area (Å²) in [5.74, 6) is -1.77. The van der Waals surface area contributed by atoms with Crippen molar-refractivity contribution in [3.63, 3.8) is 0 Å². The second-order valence-electron chi connectivity index (χ2n) is 4.09. The van der Waals surface area contributed by atoms with Gasteiger partial charge in [0.15, 0.2) is 0 Å². The van der Waals surface area contributed by atoms with Crippen molar-refractivity contribution in [1.82, 2.24) is 10.2 Å². The number of rotatable bonds is 2. The number of carboxylic acid groups (broad SMARTS) is 1. The van der Waals surface area contributed by atoms with Gasteiger partial charge in [-0.15, -0.1) is 0 Å². The Labute approximate surface area is 116 Å². The molecule has 0 atom stereocenters. The number of aromatic amines is 1. The molecule has 6 nitrogen and oxygen atoms in total. The Morgan fingerprint density at radius 3 is 2.85 bits per heavy atom. The van der Waals surface area contributed by atoms with E-state index in [9.17, 15) is 9.59 Å². The molecule has 1 aromatic carbocycles. The lowest BCUT2D eigenvalue weighted by Gasteiger charge is -2.07. The predicted octanol–water partition coefficient (Wildman–Crippen LogP) is 2.53. The first-order valence-corrected chi connectivity index (χ1v) is 5.94. The number of halogens is 1. The minimum atomic E-state index is -1.33. The zero-order valence-corrected chi connectivity index (χ0v) is 10.6. The van der Waals surface area contributed by atoms with Crippen LogP contribution in [0.2, 0.25) is 5.02 Å². The van der Waals surface area contributed by atoms with Gasteiger partial charge in [0.25, 0.3) is 0 Å². The van der Waals surface area contributed by atoms with Gasteiger partial charge in [0, 0.05) is 22.6 Å². The molecule has 0 amide bonds. The SMILES string of the molecule is O=C(O)c1oc(=O)ccc1-c1cc2cn[nH]c2cc1Cl. The maximum Gasteiger partial charge on any atom is 0.372 e. The molecule has 3 rings (SSSR count). The summed E-state index contributed by atoms with van der Waals surface area (Å²) in [5, 5.41) is 16.9. The third-order valence-electron chi connectivity index (χ3n) is 2.85. The zero-order chi connectivity index (χ0) is 14.3. The Balaban J connectivity index is 2.32. The van der Waals surface area contributed by atoms with Crippen LogP contribution < -0.4 is 5.63 Å². The van der Waals surface area contributed by atoms with E-state index < -0.39 is 17.4 Å². The molecule has 100 valence electrons. The van der Waals surface area contributed by atoms with Crippen LogP contribution in [-0.4, -0.2) is 21.3 Å². The monoisotopic (exact) mass is 290 g/mol. The van der Waals surface area contributed by atoms with E-state index in [1.165, 1.54) is 6.07 Å². The molecular weight excluding hydrogens is 284 g/mol. The van der Waals surface area contributed by atoms with Gasteiger partial charge in [-0.05, 0) is 18.2 Å². The fourth-order valence-corrected chi connectivity index (χ4v) is 2.22. The number of fused-ring (bicyclic) bond motifs is 1. The van der Waals surface area contributed by atoms with E-state index in [4.69, 9.17) is 21.1 Å². The molecule has 0 aliphatic rings. The number of nitrogens with one attached hydrogen (secondary N) is 1. The average molecular weight is 291 g/mol. The molecule has 0 spiro atoms. The van der Waals surface area contributed by atoms with Gasteiger partial charge in [-0.3, -0.25) is 5.10 Å². The predicted molar refractivity (Wildman–Crippen MR) is 72.0 cm³/mol. The van der Waals surface area contributed by atoms with Crippen molar-refractivity contribution in [2.24, 2.45) is 0 Å². The maximum atomic E-state index is 11.2. The minimum absolute atomic E-state index is 0.241. The summed E-state index contributed by atoms with van der Waals surface area (Å²) in [4.78, 5) is 22.3. The van der Waals surface area contributed by atoms with Crippen LogP contribution in [0.25, 0.3) is 22.0 Å².